The standard InChI is InChI=1S/C14H19FO3S/c1-11(2)7-9-19(17,18)10-8-14(16)12-3-5-13(15)6-4-12/h3-6,11H,7-10H2,1-2H3. The normalized spacial score (nSPS) is 11.8. The van der Waals surface area contributed by atoms with E-state index in [0.29, 0.717) is 17.9 Å². The summed E-state index contributed by atoms with van der Waals surface area (Å²) in [5, 5.41) is 0. The topological polar surface area (TPSA) is 51.2 Å². The van der Waals surface area contributed by atoms with Gasteiger partial charge in [0.15, 0.2) is 15.6 Å². The van der Waals surface area contributed by atoms with Gasteiger partial charge in [0.1, 0.15) is 5.82 Å². The molecule has 0 heterocycles. The van der Waals surface area contributed by atoms with Crippen LogP contribution < -0.4 is 0 Å². The first-order chi connectivity index (χ1) is 8.80. The van der Waals surface area contributed by atoms with Gasteiger partial charge in [0.2, 0.25) is 0 Å². The van der Waals surface area contributed by atoms with E-state index in [9.17, 15) is 17.6 Å². The zero-order valence-electron chi connectivity index (χ0n) is 11.2. The molecule has 0 N–H and O–H groups in total. The summed E-state index contributed by atoms with van der Waals surface area (Å²) in [7, 11) is -3.18. The summed E-state index contributed by atoms with van der Waals surface area (Å²) in [6.07, 6.45) is 0.555. The minimum absolute atomic E-state index is 0.0495. The Hall–Kier alpha value is -1.23. The molecule has 0 bridgehead atoms. The molecule has 106 valence electrons. The monoisotopic (exact) mass is 286 g/mol. The van der Waals surface area contributed by atoms with Crippen LogP contribution in [0.15, 0.2) is 24.3 Å². The summed E-state index contributed by atoms with van der Waals surface area (Å²) in [6.45, 7) is 3.92. The van der Waals surface area contributed by atoms with Gasteiger partial charge in [0.25, 0.3) is 0 Å². The molecular formula is C14H19FO3S. The molecule has 0 unspecified atom stereocenters. The highest BCUT2D eigenvalue weighted by molar-refractivity contribution is 7.91. The average Bonchev–Trinajstić information content (AvgIpc) is 2.35. The maximum Gasteiger partial charge on any atom is 0.163 e. The predicted octanol–water partition coefficient (Wildman–Crippen LogP) is 2.86. The number of carbonyl (C=O) groups excluding carboxylic acids is 1. The van der Waals surface area contributed by atoms with Crippen LogP contribution in [0.25, 0.3) is 0 Å². The number of benzene rings is 1. The van der Waals surface area contributed by atoms with E-state index in [4.69, 9.17) is 0 Å². The summed E-state index contributed by atoms with van der Waals surface area (Å²) in [5.41, 5.74) is 0.348. The van der Waals surface area contributed by atoms with Crippen molar-refractivity contribution in [3.63, 3.8) is 0 Å². The highest BCUT2D eigenvalue weighted by Crippen LogP contribution is 2.09. The minimum atomic E-state index is -3.18. The summed E-state index contributed by atoms with van der Waals surface area (Å²) in [4.78, 5) is 11.8. The third-order valence-corrected chi connectivity index (χ3v) is 4.50. The molecule has 0 fully saturated rings. The fourth-order valence-electron chi connectivity index (χ4n) is 1.55. The highest BCUT2D eigenvalue weighted by Gasteiger charge is 2.15. The van der Waals surface area contributed by atoms with E-state index in [1.165, 1.54) is 24.3 Å². The average molecular weight is 286 g/mol. The predicted molar refractivity (Wildman–Crippen MR) is 73.5 cm³/mol. The Morgan fingerprint density at radius 2 is 1.74 bits per heavy atom. The van der Waals surface area contributed by atoms with Gasteiger partial charge in [-0.05, 0) is 36.6 Å². The minimum Gasteiger partial charge on any atom is -0.294 e. The number of Topliss-reactive ketones (excluding diaryl/α,β-unsaturated/α-hetero) is 1. The van der Waals surface area contributed by atoms with Gasteiger partial charge in [0.05, 0.1) is 11.5 Å². The molecule has 0 amide bonds. The summed E-state index contributed by atoms with van der Waals surface area (Å²) >= 11 is 0. The van der Waals surface area contributed by atoms with Crippen LogP contribution in [0.3, 0.4) is 0 Å². The first-order valence-electron chi connectivity index (χ1n) is 6.29. The van der Waals surface area contributed by atoms with Gasteiger partial charge in [-0.25, -0.2) is 12.8 Å². The van der Waals surface area contributed by atoms with E-state index in [2.05, 4.69) is 0 Å². The van der Waals surface area contributed by atoms with Crippen LogP contribution in [0, 0.1) is 11.7 Å². The number of rotatable bonds is 7. The van der Waals surface area contributed by atoms with Gasteiger partial charge >= 0.3 is 0 Å². The third-order valence-electron chi connectivity index (χ3n) is 2.81. The van der Waals surface area contributed by atoms with Crippen LogP contribution in [-0.2, 0) is 9.84 Å². The molecular weight excluding hydrogens is 267 g/mol. The Labute approximate surface area is 113 Å². The van der Waals surface area contributed by atoms with Crippen LogP contribution >= 0.6 is 0 Å². The molecule has 1 rings (SSSR count). The molecule has 0 saturated carbocycles. The first-order valence-corrected chi connectivity index (χ1v) is 8.11. The maximum atomic E-state index is 12.7. The first kappa shape index (κ1) is 15.8. The number of hydrogen-bond acceptors (Lipinski definition) is 3. The SMILES string of the molecule is CC(C)CCS(=O)(=O)CCC(=O)c1ccc(F)cc1. The van der Waals surface area contributed by atoms with E-state index in [1.807, 2.05) is 13.8 Å². The van der Waals surface area contributed by atoms with Crippen molar-refractivity contribution >= 4 is 15.6 Å². The van der Waals surface area contributed by atoms with Crippen LogP contribution in [0.1, 0.15) is 37.0 Å². The van der Waals surface area contributed by atoms with Gasteiger partial charge in [-0.1, -0.05) is 13.8 Å². The highest BCUT2D eigenvalue weighted by atomic mass is 32.2. The molecule has 19 heavy (non-hydrogen) atoms. The molecule has 0 aliphatic heterocycles. The van der Waals surface area contributed by atoms with E-state index in [1.54, 1.807) is 0 Å². The zero-order valence-corrected chi connectivity index (χ0v) is 12.0. The van der Waals surface area contributed by atoms with Crippen molar-refractivity contribution in [3.8, 4) is 0 Å². The lowest BCUT2D eigenvalue weighted by atomic mass is 10.1. The largest absolute Gasteiger partial charge is 0.294 e. The molecule has 0 aliphatic carbocycles. The molecule has 0 atom stereocenters. The van der Waals surface area contributed by atoms with Crippen molar-refractivity contribution in [3.05, 3.63) is 35.6 Å². The van der Waals surface area contributed by atoms with Gasteiger partial charge < -0.3 is 0 Å². The molecule has 1 aromatic rings. The maximum absolute atomic E-state index is 12.7. The van der Waals surface area contributed by atoms with E-state index in [-0.39, 0.29) is 23.7 Å². The number of sulfone groups is 1. The molecule has 0 aromatic heterocycles. The van der Waals surface area contributed by atoms with Crippen molar-refractivity contribution in [2.24, 2.45) is 5.92 Å². The summed E-state index contributed by atoms with van der Waals surface area (Å²) in [5.74, 6) is -0.395. The Kier molecular flexibility index (Phi) is 5.66. The van der Waals surface area contributed by atoms with Crippen molar-refractivity contribution in [2.75, 3.05) is 11.5 Å². The lowest BCUT2D eigenvalue weighted by Gasteiger charge is -2.06. The summed E-state index contributed by atoms with van der Waals surface area (Å²) < 4.78 is 36.1. The molecule has 3 nitrogen and oxygen atoms in total. The molecule has 1 aromatic carbocycles. The van der Waals surface area contributed by atoms with Crippen molar-refractivity contribution in [2.45, 2.75) is 26.7 Å². The number of halogens is 1. The van der Waals surface area contributed by atoms with Gasteiger partial charge in [0, 0.05) is 12.0 Å². The van der Waals surface area contributed by atoms with Crippen LogP contribution in [0.2, 0.25) is 0 Å². The Morgan fingerprint density at radius 3 is 2.26 bits per heavy atom. The van der Waals surface area contributed by atoms with Gasteiger partial charge in [-0.15, -0.1) is 0 Å². The second kappa shape index (κ2) is 6.80. The van der Waals surface area contributed by atoms with E-state index >= 15 is 0 Å². The van der Waals surface area contributed by atoms with E-state index in [0.717, 1.165) is 0 Å². The number of carbonyl (C=O) groups is 1. The quantitative estimate of drug-likeness (QED) is 0.724. The summed E-state index contributed by atoms with van der Waals surface area (Å²) in [6, 6.07) is 5.14. The van der Waals surface area contributed by atoms with Crippen LogP contribution in [-0.4, -0.2) is 25.7 Å². The van der Waals surface area contributed by atoms with Crippen LogP contribution in [0.4, 0.5) is 4.39 Å². The van der Waals surface area contributed by atoms with Crippen molar-refractivity contribution < 1.29 is 17.6 Å². The van der Waals surface area contributed by atoms with Gasteiger partial charge in [-0.2, -0.15) is 0 Å². The third kappa shape index (κ3) is 5.96. The lowest BCUT2D eigenvalue weighted by molar-refractivity contribution is 0.0988. The van der Waals surface area contributed by atoms with E-state index < -0.39 is 15.7 Å². The fourth-order valence-corrected chi connectivity index (χ4v) is 3.08. The van der Waals surface area contributed by atoms with Crippen LogP contribution in [0.5, 0.6) is 0 Å². The number of ketones is 1. The lowest BCUT2D eigenvalue weighted by Crippen LogP contribution is -2.16. The molecule has 0 saturated heterocycles. The zero-order chi connectivity index (χ0) is 14.5. The number of hydrogen-bond donors (Lipinski definition) is 0. The Bertz CT molecular complexity index is 518. The second-order valence-corrected chi connectivity index (χ2v) is 7.32. The Balaban J connectivity index is 2.52. The molecule has 5 heteroatoms. The molecule has 0 radical (unpaired) electrons. The fraction of sp³-hybridized carbons (Fsp3) is 0.500. The molecule has 0 spiro atoms. The molecule has 0 aliphatic rings. The van der Waals surface area contributed by atoms with Crippen molar-refractivity contribution in [1.82, 2.24) is 0 Å². The Morgan fingerprint density at radius 1 is 1.16 bits per heavy atom. The van der Waals surface area contributed by atoms with Gasteiger partial charge in [-0.3, -0.25) is 4.79 Å². The second-order valence-electron chi connectivity index (χ2n) is 5.01. The smallest absolute Gasteiger partial charge is 0.163 e. The van der Waals surface area contributed by atoms with Crippen molar-refractivity contribution in [1.29, 1.82) is 0 Å².